The highest BCUT2D eigenvalue weighted by Crippen LogP contribution is 2.30. The van der Waals surface area contributed by atoms with E-state index in [1.165, 1.54) is 0 Å². The van der Waals surface area contributed by atoms with Crippen LogP contribution in [0.15, 0.2) is 4.90 Å². The summed E-state index contributed by atoms with van der Waals surface area (Å²) in [5, 5.41) is 13.2. The fourth-order valence-electron chi connectivity index (χ4n) is 2.89. The lowest BCUT2D eigenvalue weighted by molar-refractivity contribution is 0.276. The second-order valence-electron chi connectivity index (χ2n) is 6.08. The Hall–Kier alpha value is -0.920. The molecule has 1 aliphatic heterocycles. The van der Waals surface area contributed by atoms with Crippen LogP contribution in [0.2, 0.25) is 0 Å². The summed E-state index contributed by atoms with van der Waals surface area (Å²) in [6.45, 7) is 9.45. The highest BCUT2D eigenvalue weighted by atomic mass is 32.2. The zero-order chi connectivity index (χ0) is 15.8. The maximum Gasteiger partial charge on any atom is 0.246 e. The van der Waals surface area contributed by atoms with Crippen LogP contribution in [0.4, 0.5) is 0 Å². The lowest BCUT2D eigenvalue weighted by Gasteiger charge is -2.16. The quantitative estimate of drug-likeness (QED) is 0.884. The van der Waals surface area contributed by atoms with Gasteiger partial charge in [0.1, 0.15) is 4.90 Å². The van der Waals surface area contributed by atoms with E-state index in [1.54, 1.807) is 22.8 Å². The largest absolute Gasteiger partial charge is 0.396 e. The molecular weight excluding hydrogens is 290 g/mol. The molecule has 0 radical (unpaired) electrons. The monoisotopic (exact) mass is 315 g/mol. The third kappa shape index (κ3) is 3.00. The van der Waals surface area contributed by atoms with Gasteiger partial charge in [-0.2, -0.15) is 9.40 Å². The van der Waals surface area contributed by atoms with Crippen molar-refractivity contribution in [2.24, 2.45) is 11.8 Å². The molecule has 2 heterocycles. The summed E-state index contributed by atoms with van der Waals surface area (Å²) >= 11 is 0. The molecule has 1 aromatic rings. The third-order valence-corrected chi connectivity index (χ3v) is 6.48. The number of aromatic nitrogens is 2. The Morgan fingerprint density at radius 1 is 1.24 bits per heavy atom. The van der Waals surface area contributed by atoms with Crippen molar-refractivity contribution in [1.29, 1.82) is 0 Å². The maximum atomic E-state index is 12.9. The van der Waals surface area contributed by atoms with Crippen LogP contribution in [0.3, 0.4) is 0 Å². The number of hydrogen-bond donors (Lipinski definition) is 1. The van der Waals surface area contributed by atoms with Gasteiger partial charge >= 0.3 is 0 Å². The van der Waals surface area contributed by atoms with Gasteiger partial charge in [-0.1, -0.05) is 13.8 Å². The van der Waals surface area contributed by atoms with Crippen molar-refractivity contribution in [3.8, 4) is 0 Å². The van der Waals surface area contributed by atoms with Crippen molar-refractivity contribution >= 4 is 10.0 Å². The van der Waals surface area contributed by atoms with Gasteiger partial charge in [-0.05, 0) is 32.1 Å². The summed E-state index contributed by atoms with van der Waals surface area (Å²) in [5.41, 5.74) is 1.20. The third-order valence-electron chi connectivity index (χ3n) is 4.40. The van der Waals surface area contributed by atoms with Gasteiger partial charge < -0.3 is 5.11 Å². The van der Waals surface area contributed by atoms with E-state index in [9.17, 15) is 8.42 Å². The number of sulfonamides is 1. The van der Waals surface area contributed by atoms with E-state index in [2.05, 4.69) is 18.9 Å². The van der Waals surface area contributed by atoms with E-state index >= 15 is 0 Å². The van der Waals surface area contributed by atoms with E-state index in [0.29, 0.717) is 54.2 Å². The molecule has 2 atom stereocenters. The van der Waals surface area contributed by atoms with Gasteiger partial charge in [-0.15, -0.1) is 0 Å². The molecule has 7 heteroatoms. The molecule has 1 aliphatic rings. The first-order chi connectivity index (χ1) is 9.78. The van der Waals surface area contributed by atoms with Crippen molar-refractivity contribution in [3.05, 3.63) is 11.4 Å². The highest BCUT2D eigenvalue weighted by Gasteiger charge is 2.37. The van der Waals surface area contributed by atoms with Crippen molar-refractivity contribution in [3.63, 3.8) is 0 Å². The molecule has 0 saturated carbocycles. The van der Waals surface area contributed by atoms with Gasteiger partial charge in [0.25, 0.3) is 0 Å². The molecule has 2 unspecified atom stereocenters. The minimum Gasteiger partial charge on any atom is -0.396 e. The Balaban J connectivity index is 2.35. The minimum atomic E-state index is -3.48. The summed E-state index contributed by atoms with van der Waals surface area (Å²) in [4.78, 5) is 0.335. The smallest absolute Gasteiger partial charge is 0.246 e. The van der Waals surface area contributed by atoms with Crippen LogP contribution in [0.1, 0.15) is 31.7 Å². The summed E-state index contributed by atoms with van der Waals surface area (Å²) in [6.07, 6.45) is 0.569. The highest BCUT2D eigenvalue weighted by molar-refractivity contribution is 7.89. The molecule has 1 saturated heterocycles. The molecule has 2 rings (SSSR count). The summed E-state index contributed by atoms with van der Waals surface area (Å²) < 4.78 is 29.0. The SMILES string of the molecule is Cc1nn(CCCO)c(C)c1S(=O)(=O)N1CC(C)C(C)C1. The zero-order valence-corrected chi connectivity index (χ0v) is 14.0. The van der Waals surface area contributed by atoms with Crippen LogP contribution in [-0.2, 0) is 16.6 Å². The Morgan fingerprint density at radius 2 is 1.81 bits per heavy atom. The van der Waals surface area contributed by atoms with Crippen LogP contribution in [0.5, 0.6) is 0 Å². The average Bonchev–Trinajstić information content (AvgIpc) is 2.88. The fraction of sp³-hybridized carbons (Fsp3) is 0.786. The summed E-state index contributed by atoms with van der Waals surface area (Å²) in [5.74, 6) is 0.759. The second kappa shape index (κ2) is 6.06. The number of rotatable bonds is 5. The first-order valence-corrected chi connectivity index (χ1v) is 8.88. The van der Waals surface area contributed by atoms with Gasteiger partial charge in [0.05, 0.1) is 11.4 Å². The number of aliphatic hydroxyl groups is 1. The Kier molecular flexibility index (Phi) is 4.75. The molecule has 0 aromatic carbocycles. The fourth-order valence-corrected chi connectivity index (χ4v) is 4.91. The first kappa shape index (κ1) is 16.5. The Morgan fingerprint density at radius 3 is 2.33 bits per heavy atom. The molecular formula is C14H25N3O3S. The topological polar surface area (TPSA) is 75.4 Å². The van der Waals surface area contributed by atoms with Crippen LogP contribution in [0, 0.1) is 25.7 Å². The molecule has 1 aromatic heterocycles. The molecule has 1 fully saturated rings. The molecule has 0 bridgehead atoms. The van der Waals surface area contributed by atoms with Crippen molar-refractivity contribution in [1.82, 2.24) is 14.1 Å². The number of aliphatic hydroxyl groups excluding tert-OH is 1. The number of nitrogens with zero attached hydrogens (tertiary/aromatic N) is 3. The van der Waals surface area contributed by atoms with E-state index in [4.69, 9.17) is 5.11 Å². The number of aryl methyl sites for hydroxylation is 2. The molecule has 21 heavy (non-hydrogen) atoms. The predicted molar refractivity (Wildman–Crippen MR) is 80.5 cm³/mol. The Bertz CT molecular complexity index is 599. The van der Waals surface area contributed by atoms with E-state index in [0.717, 1.165) is 0 Å². The van der Waals surface area contributed by atoms with Crippen LogP contribution in [0.25, 0.3) is 0 Å². The van der Waals surface area contributed by atoms with Gasteiger partial charge in [-0.3, -0.25) is 4.68 Å². The molecule has 0 amide bonds. The molecule has 6 nitrogen and oxygen atoms in total. The average molecular weight is 315 g/mol. The van der Waals surface area contributed by atoms with Gasteiger partial charge in [0.15, 0.2) is 0 Å². The van der Waals surface area contributed by atoms with Crippen molar-refractivity contribution < 1.29 is 13.5 Å². The van der Waals surface area contributed by atoms with E-state index in [-0.39, 0.29) is 6.61 Å². The van der Waals surface area contributed by atoms with Gasteiger partial charge in [0, 0.05) is 26.2 Å². The van der Waals surface area contributed by atoms with Crippen LogP contribution in [-0.4, -0.2) is 47.3 Å². The lowest BCUT2D eigenvalue weighted by atomic mass is 10.0. The minimum absolute atomic E-state index is 0.0710. The molecule has 120 valence electrons. The standard InChI is InChI=1S/C14H25N3O3S/c1-10-8-16(9-11(10)2)21(19,20)14-12(3)15-17(13(14)4)6-5-7-18/h10-11,18H,5-9H2,1-4H3. The van der Waals surface area contributed by atoms with E-state index < -0.39 is 10.0 Å². The van der Waals surface area contributed by atoms with Gasteiger partial charge in [0.2, 0.25) is 10.0 Å². The normalized spacial score (nSPS) is 23.9. The van der Waals surface area contributed by atoms with E-state index in [1.807, 2.05) is 0 Å². The number of hydrogen-bond acceptors (Lipinski definition) is 4. The van der Waals surface area contributed by atoms with Gasteiger partial charge in [-0.25, -0.2) is 8.42 Å². The molecule has 0 spiro atoms. The lowest BCUT2D eigenvalue weighted by Crippen LogP contribution is -2.30. The molecule has 1 N–H and O–H groups in total. The summed E-state index contributed by atoms with van der Waals surface area (Å²) in [6, 6.07) is 0. The van der Waals surface area contributed by atoms with Crippen LogP contribution >= 0.6 is 0 Å². The van der Waals surface area contributed by atoms with Crippen molar-refractivity contribution in [2.75, 3.05) is 19.7 Å². The first-order valence-electron chi connectivity index (χ1n) is 7.44. The van der Waals surface area contributed by atoms with Crippen molar-refractivity contribution in [2.45, 2.75) is 45.6 Å². The maximum absolute atomic E-state index is 12.9. The Labute approximate surface area is 126 Å². The zero-order valence-electron chi connectivity index (χ0n) is 13.2. The predicted octanol–water partition coefficient (Wildman–Crippen LogP) is 1.16. The second-order valence-corrected chi connectivity index (χ2v) is 7.95. The summed E-state index contributed by atoms with van der Waals surface area (Å²) in [7, 11) is -3.48. The molecule has 0 aliphatic carbocycles. The van der Waals surface area contributed by atoms with Crippen LogP contribution < -0.4 is 0 Å².